The molecule has 0 bridgehead atoms. The summed E-state index contributed by atoms with van der Waals surface area (Å²) >= 11 is 9.19. The molecule has 0 amide bonds. The standard InChI is InChI=1S/C10H11BrClNO2/c1-15-10(14)5-9(13)7-4-6(12)2-3-8(7)11/h2-4,9H,5,13H2,1H3/t9-/m0/s1. The van der Waals surface area contributed by atoms with Gasteiger partial charge in [0.15, 0.2) is 0 Å². The van der Waals surface area contributed by atoms with Crippen LogP contribution in [0.3, 0.4) is 0 Å². The van der Waals surface area contributed by atoms with Crippen molar-refractivity contribution in [2.75, 3.05) is 7.11 Å². The Morgan fingerprint density at radius 1 is 1.67 bits per heavy atom. The Morgan fingerprint density at radius 2 is 2.33 bits per heavy atom. The smallest absolute Gasteiger partial charge is 0.307 e. The number of methoxy groups -OCH3 is 1. The van der Waals surface area contributed by atoms with Crippen molar-refractivity contribution in [2.45, 2.75) is 12.5 Å². The molecule has 0 spiro atoms. The second kappa shape index (κ2) is 5.49. The van der Waals surface area contributed by atoms with Crippen LogP contribution >= 0.6 is 27.5 Å². The summed E-state index contributed by atoms with van der Waals surface area (Å²) in [5, 5.41) is 0.591. The molecule has 1 aromatic carbocycles. The van der Waals surface area contributed by atoms with Gasteiger partial charge in [0.05, 0.1) is 13.5 Å². The van der Waals surface area contributed by atoms with Gasteiger partial charge in [0.2, 0.25) is 0 Å². The molecule has 0 radical (unpaired) electrons. The lowest BCUT2D eigenvalue weighted by molar-refractivity contribution is -0.141. The first-order chi connectivity index (χ1) is 7.04. The van der Waals surface area contributed by atoms with Gasteiger partial charge in [-0.05, 0) is 23.8 Å². The van der Waals surface area contributed by atoms with Crippen molar-refractivity contribution in [3.05, 3.63) is 33.3 Å². The van der Waals surface area contributed by atoms with Crippen molar-refractivity contribution >= 4 is 33.5 Å². The first kappa shape index (κ1) is 12.5. The van der Waals surface area contributed by atoms with Crippen LogP contribution in [0.4, 0.5) is 0 Å². The van der Waals surface area contributed by atoms with Gasteiger partial charge < -0.3 is 10.5 Å². The van der Waals surface area contributed by atoms with Gasteiger partial charge in [0.25, 0.3) is 0 Å². The van der Waals surface area contributed by atoms with Crippen molar-refractivity contribution in [1.29, 1.82) is 0 Å². The normalized spacial score (nSPS) is 12.3. The highest BCUT2D eigenvalue weighted by atomic mass is 79.9. The number of hydrogen-bond donors (Lipinski definition) is 1. The van der Waals surface area contributed by atoms with Gasteiger partial charge in [0.1, 0.15) is 0 Å². The average molecular weight is 293 g/mol. The fourth-order valence-electron chi connectivity index (χ4n) is 1.17. The van der Waals surface area contributed by atoms with E-state index in [0.717, 1.165) is 10.0 Å². The fraction of sp³-hybridized carbons (Fsp3) is 0.300. The Morgan fingerprint density at radius 3 is 2.93 bits per heavy atom. The zero-order valence-electron chi connectivity index (χ0n) is 8.17. The molecule has 0 fully saturated rings. The Kier molecular flexibility index (Phi) is 4.57. The highest BCUT2D eigenvalue weighted by Gasteiger charge is 2.14. The summed E-state index contributed by atoms with van der Waals surface area (Å²) in [5.41, 5.74) is 6.65. The Hall–Kier alpha value is -0.580. The van der Waals surface area contributed by atoms with Gasteiger partial charge in [-0.3, -0.25) is 4.79 Å². The van der Waals surface area contributed by atoms with E-state index in [1.54, 1.807) is 18.2 Å². The number of hydrogen-bond acceptors (Lipinski definition) is 3. The first-order valence-electron chi connectivity index (χ1n) is 4.32. The number of carbonyl (C=O) groups excluding carboxylic acids is 1. The average Bonchev–Trinajstić information content (AvgIpc) is 2.21. The van der Waals surface area contributed by atoms with Crippen LogP contribution in [0.25, 0.3) is 0 Å². The van der Waals surface area contributed by atoms with Crippen LogP contribution in [0, 0.1) is 0 Å². The van der Waals surface area contributed by atoms with Gasteiger partial charge >= 0.3 is 5.97 Å². The molecule has 1 atom stereocenters. The highest BCUT2D eigenvalue weighted by Crippen LogP contribution is 2.27. The molecule has 2 N–H and O–H groups in total. The minimum absolute atomic E-state index is 0.134. The molecule has 82 valence electrons. The van der Waals surface area contributed by atoms with E-state index in [1.807, 2.05) is 0 Å². The maximum Gasteiger partial charge on any atom is 0.307 e. The van der Waals surface area contributed by atoms with E-state index in [1.165, 1.54) is 7.11 Å². The first-order valence-corrected chi connectivity index (χ1v) is 5.49. The van der Waals surface area contributed by atoms with Gasteiger partial charge in [-0.2, -0.15) is 0 Å². The van der Waals surface area contributed by atoms with Gasteiger partial charge in [-0.1, -0.05) is 27.5 Å². The molecule has 0 saturated carbocycles. The van der Waals surface area contributed by atoms with E-state index >= 15 is 0 Å². The lowest BCUT2D eigenvalue weighted by Crippen LogP contribution is -2.16. The summed E-state index contributed by atoms with van der Waals surface area (Å²) in [4.78, 5) is 11.0. The number of ether oxygens (including phenoxy) is 1. The second-order valence-electron chi connectivity index (χ2n) is 3.05. The van der Waals surface area contributed by atoms with Crippen molar-refractivity contribution < 1.29 is 9.53 Å². The number of rotatable bonds is 3. The summed E-state index contributed by atoms with van der Waals surface area (Å²) < 4.78 is 5.38. The summed E-state index contributed by atoms with van der Waals surface area (Å²) in [6.45, 7) is 0. The Bertz CT molecular complexity index is 370. The predicted octanol–water partition coefficient (Wildman–Crippen LogP) is 2.67. The summed E-state index contributed by atoms with van der Waals surface area (Å²) in [6.07, 6.45) is 0.134. The molecule has 0 aromatic heterocycles. The minimum atomic E-state index is -0.412. The van der Waals surface area contributed by atoms with Gasteiger partial charge in [0, 0.05) is 15.5 Å². The van der Waals surface area contributed by atoms with E-state index in [0.29, 0.717) is 5.02 Å². The zero-order chi connectivity index (χ0) is 11.4. The van der Waals surface area contributed by atoms with Crippen LogP contribution in [0.15, 0.2) is 22.7 Å². The highest BCUT2D eigenvalue weighted by molar-refractivity contribution is 9.10. The molecule has 0 saturated heterocycles. The SMILES string of the molecule is COC(=O)C[C@H](N)c1cc(Cl)ccc1Br. The lowest BCUT2D eigenvalue weighted by Gasteiger charge is -2.12. The van der Waals surface area contributed by atoms with Gasteiger partial charge in [-0.15, -0.1) is 0 Å². The Labute approximate surface area is 102 Å². The fourth-order valence-corrected chi connectivity index (χ4v) is 1.89. The molecule has 0 heterocycles. The van der Waals surface area contributed by atoms with E-state index in [9.17, 15) is 4.79 Å². The van der Waals surface area contributed by atoms with Crippen LogP contribution in [0.2, 0.25) is 5.02 Å². The lowest BCUT2D eigenvalue weighted by atomic mass is 10.1. The van der Waals surface area contributed by atoms with E-state index in [-0.39, 0.29) is 12.4 Å². The number of halogens is 2. The minimum Gasteiger partial charge on any atom is -0.469 e. The topological polar surface area (TPSA) is 52.3 Å². The second-order valence-corrected chi connectivity index (χ2v) is 4.34. The van der Waals surface area contributed by atoms with Gasteiger partial charge in [-0.25, -0.2) is 0 Å². The van der Waals surface area contributed by atoms with Crippen LogP contribution in [0.5, 0.6) is 0 Å². The number of benzene rings is 1. The molecule has 15 heavy (non-hydrogen) atoms. The molecular formula is C10H11BrClNO2. The molecule has 3 nitrogen and oxygen atoms in total. The van der Waals surface area contributed by atoms with Crippen LogP contribution in [-0.2, 0) is 9.53 Å². The zero-order valence-corrected chi connectivity index (χ0v) is 10.5. The monoisotopic (exact) mass is 291 g/mol. The van der Waals surface area contributed by atoms with Crippen LogP contribution < -0.4 is 5.73 Å². The summed E-state index contributed by atoms with van der Waals surface area (Å²) in [5.74, 6) is -0.339. The third-order valence-electron chi connectivity index (χ3n) is 1.97. The third kappa shape index (κ3) is 3.48. The Balaban J connectivity index is 2.85. The summed E-state index contributed by atoms with van der Waals surface area (Å²) in [7, 11) is 1.34. The maximum atomic E-state index is 11.0. The summed E-state index contributed by atoms with van der Waals surface area (Å²) in [6, 6.07) is 4.87. The van der Waals surface area contributed by atoms with E-state index in [4.69, 9.17) is 17.3 Å². The number of carbonyl (C=O) groups is 1. The number of nitrogens with two attached hydrogens (primary N) is 1. The molecular weight excluding hydrogens is 281 g/mol. The molecule has 1 rings (SSSR count). The largest absolute Gasteiger partial charge is 0.469 e. The van der Waals surface area contributed by atoms with E-state index in [2.05, 4.69) is 20.7 Å². The molecule has 0 unspecified atom stereocenters. The van der Waals surface area contributed by atoms with Crippen LogP contribution in [0.1, 0.15) is 18.0 Å². The van der Waals surface area contributed by atoms with E-state index < -0.39 is 6.04 Å². The van der Waals surface area contributed by atoms with Crippen molar-refractivity contribution in [2.24, 2.45) is 5.73 Å². The molecule has 1 aromatic rings. The number of esters is 1. The molecule has 0 aliphatic heterocycles. The molecule has 0 aliphatic carbocycles. The molecule has 0 aliphatic rings. The quantitative estimate of drug-likeness (QED) is 0.871. The van der Waals surface area contributed by atoms with Crippen LogP contribution in [-0.4, -0.2) is 13.1 Å². The predicted molar refractivity (Wildman–Crippen MR) is 62.7 cm³/mol. The van der Waals surface area contributed by atoms with Crippen molar-refractivity contribution in [3.8, 4) is 0 Å². The maximum absolute atomic E-state index is 11.0. The van der Waals surface area contributed by atoms with Crippen molar-refractivity contribution in [1.82, 2.24) is 0 Å². The van der Waals surface area contributed by atoms with Crippen molar-refractivity contribution in [3.63, 3.8) is 0 Å². The third-order valence-corrected chi connectivity index (χ3v) is 2.93. The molecule has 5 heteroatoms.